The van der Waals surface area contributed by atoms with Crippen LogP contribution in [0.5, 0.6) is 0 Å². The zero-order valence-electron chi connectivity index (χ0n) is 10.1. The molecule has 0 unspecified atom stereocenters. The van der Waals surface area contributed by atoms with Crippen LogP contribution in [0.25, 0.3) is 0 Å². The van der Waals surface area contributed by atoms with Crippen molar-refractivity contribution in [3.05, 3.63) is 40.5 Å². The Morgan fingerprint density at radius 3 is 2.74 bits per heavy atom. The molecule has 102 valence electrons. The predicted molar refractivity (Wildman–Crippen MR) is 72.1 cm³/mol. The van der Waals surface area contributed by atoms with E-state index in [1.807, 2.05) is 0 Å². The van der Waals surface area contributed by atoms with Crippen LogP contribution in [0.4, 0.5) is 0 Å². The van der Waals surface area contributed by atoms with Gasteiger partial charge >= 0.3 is 0 Å². The molecule has 1 aromatic heterocycles. The molecule has 6 nitrogen and oxygen atoms in total. The Bertz CT molecular complexity index is 669. The minimum atomic E-state index is -3.54. The minimum Gasteiger partial charge on any atom is -0.339 e. The monoisotopic (exact) mass is 345 g/mol. The average Bonchev–Trinajstić information content (AvgIpc) is 2.75. The van der Waals surface area contributed by atoms with Gasteiger partial charge in [-0.15, -0.1) is 0 Å². The summed E-state index contributed by atoms with van der Waals surface area (Å²) in [7, 11) is -3.54. The maximum atomic E-state index is 12.0. The zero-order valence-corrected chi connectivity index (χ0v) is 12.5. The van der Waals surface area contributed by atoms with E-state index in [-0.39, 0.29) is 11.4 Å². The molecule has 0 amide bonds. The summed E-state index contributed by atoms with van der Waals surface area (Å²) in [5.41, 5.74) is 0. The third-order valence-corrected chi connectivity index (χ3v) is 4.80. The van der Waals surface area contributed by atoms with Gasteiger partial charge in [-0.1, -0.05) is 17.3 Å². The lowest BCUT2D eigenvalue weighted by Gasteiger charge is -2.06. The lowest BCUT2D eigenvalue weighted by atomic mass is 10.4. The first-order valence-electron chi connectivity index (χ1n) is 5.52. The lowest BCUT2D eigenvalue weighted by molar-refractivity contribution is 0.375. The molecule has 1 heterocycles. The van der Waals surface area contributed by atoms with Crippen molar-refractivity contribution in [3.8, 4) is 0 Å². The van der Waals surface area contributed by atoms with Crippen molar-refractivity contribution in [1.82, 2.24) is 14.9 Å². The topological polar surface area (TPSA) is 85.1 Å². The van der Waals surface area contributed by atoms with Crippen molar-refractivity contribution in [1.29, 1.82) is 0 Å². The maximum Gasteiger partial charge on any atom is 0.241 e. The Morgan fingerprint density at radius 2 is 2.11 bits per heavy atom. The number of sulfonamides is 1. The highest BCUT2D eigenvalue weighted by Gasteiger charge is 2.16. The highest BCUT2D eigenvalue weighted by Crippen LogP contribution is 2.20. The van der Waals surface area contributed by atoms with Crippen LogP contribution in [0.15, 0.2) is 38.2 Å². The van der Waals surface area contributed by atoms with E-state index in [1.165, 1.54) is 6.07 Å². The summed E-state index contributed by atoms with van der Waals surface area (Å²) in [5, 5.41) is 3.63. The van der Waals surface area contributed by atoms with E-state index in [4.69, 9.17) is 4.52 Å². The van der Waals surface area contributed by atoms with Gasteiger partial charge in [-0.25, -0.2) is 13.1 Å². The molecule has 0 bridgehead atoms. The summed E-state index contributed by atoms with van der Waals surface area (Å²) >= 11 is 3.21. The standard InChI is InChI=1S/C11H12BrN3O3S/c1-8-14-11(18-15-8)6-7-13-19(16,17)10-5-3-2-4-9(10)12/h2-5,13H,6-7H2,1H3. The highest BCUT2D eigenvalue weighted by atomic mass is 79.9. The normalized spacial score (nSPS) is 11.7. The largest absolute Gasteiger partial charge is 0.339 e. The van der Waals surface area contributed by atoms with Gasteiger partial charge in [0.2, 0.25) is 15.9 Å². The SMILES string of the molecule is Cc1noc(CCNS(=O)(=O)c2ccccc2Br)n1. The van der Waals surface area contributed by atoms with Crippen molar-refractivity contribution in [2.24, 2.45) is 0 Å². The number of halogens is 1. The third kappa shape index (κ3) is 3.62. The van der Waals surface area contributed by atoms with Crippen LogP contribution in [0.3, 0.4) is 0 Å². The summed E-state index contributed by atoms with van der Waals surface area (Å²) in [5.74, 6) is 0.941. The first-order valence-corrected chi connectivity index (χ1v) is 7.80. The second kappa shape index (κ2) is 5.81. The molecule has 2 rings (SSSR count). The van der Waals surface area contributed by atoms with Gasteiger partial charge in [0.15, 0.2) is 5.82 Å². The smallest absolute Gasteiger partial charge is 0.241 e. The number of aryl methyl sites for hydroxylation is 1. The number of rotatable bonds is 5. The molecule has 0 fully saturated rings. The van der Waals surface area contributed by atoms with E-state index in [9.17, 15) is 8.42 Å². The van der Waals surface area contributed by atoms with Crippen molar-refractivity contribution in [2.45, 2.75) is 18.2 Å². The molecule has 19 heavy (non-hydrogen) atoms. The molecule has 2 aromatic rings. The first-order chi connectivity index (χ1) is 8.99. The maximum absolute atomic E-state index is 12.0. The molecular weight excluding hydrogens is 334 g/mol. The van der Waals surface area contributed by atoms with Crippen LogP contribution < -0.4 is 4.72 Å². The van der Waals surface area contributed by atoms with E-state index in [2.05, 4.69) is 30.8 Å². The van der Waals surface area contributed by atoms with E-state index >= 15 is 0 Å². The summed E-state index contributed by atoms with van der Waals surface area (Å²) < 4.78 is 32.0. The number of nitrogens with zero attached hydrogens (tertiary/aromatic N) is 2. The van der Waals surface area contributed by atoms with E-state index in [1.54, 1.807) is 25.1 Å². The molecule has 0 saturated heterocycles. The summed E-state index contributed by atoms with van der Waals surface area (Å²) in [6.07, 6.45) is 0.352. The molecule has 0 aliphatic rings. The Kier molecular flexibility index (Phi) is 4.33. The van der Waals surface area contributed by atoms with Crippen molar-refractivity contribution in [3.63, 3.8) is 0 Å². The Labute approximate surface area is 119 Å². The second-order valence-corrected chi connectivity index (χ2v) is 6.40. The van der Waals surface area contributed by atoms with Crippen LogP contribution in [0, 0.1) is 6.92 Å². The van der Waals surface area contributed by atoms with Gasteiger partial charge in [0.1, 0.15) is 0 Å². The van der Waals surface area contributed by atoms with Crippen LogP contribution in [-0.2, 0) is 16.4 Å². The number of nitrogens with one attached hydrogen (secondary N) is 1. The average molecular weight is 346 g/mol. The molecule has 8 heteroatoms. The summed E-state index contributed by atoms with van der Waals surface area (Å²) in [6.45, 7) is 1.91. The van der Waals surface area contributed by atoms with Gasteiger partial charge < -0.3 is 4.52 Å². The molecule has 0 atom stereocenters. The second-order valence-electron chi connectivity index (χ2n) is 3.81. The highest BCUT2D eigenvalue weighted by molar-refractivity contribution is 9.10. The van der Waals surface area contributed by atoms with E-state index in [0.29, 0.717) is 22.6 Å². The van der Waals surface area contributed by atoms with Gasteiger partial charge in [-0.05, 0) is 35.0 Å². The molecule has 0 spiro atoms. The summed E-state index contributed by atoms with van der Waals surface area (Å²) in [6, 6.07) is 6.63. The quantitative estimate of drug-likeness (QED) is 0.890. The van der Waals surface area contributed by atoms with Crippen molar-refractivity contribution >= 4 is 26.0 Å². The first kappa shape index (κ1) is 14.2. The van der Waals surface area contributed by atoms with Gasteiger partial charge in [0, 0.05) is 17.4 Å². The van der Waals surface area contributed by atoms with E-state index in [0.717, 1.165) is 0 Å². The minimum absolute atomic E-state index is 0.200. The van der Waals surface area contributed by atoms with Gasteiger partial charge in [0.05, 0.1) is 4.90 Å². The molecule has 0 saturated carbocycles. The van der Waals surface area contributed by atoms with Crippen molar-refractivity contribution < 1.29 is 12.9 Å². The lowest BCUT2D eigenvalue weighted by Crippen LogP contribution is -2.26. The molecule has 0 aliphatic heterocycles. The molecule has 0 aliphatic carbocycles. The molecule has 1 N–H and O–H groups in total. The third-order valence-electron chi connectivity index (χ3n) is 2.33. The summed E-state index contributed by atoms with van der Waals surface area (Å²) in [4.78, 5) is 4.20. The van der Waals surface area contributed by atoms with Crippen LogP contribution in [0.2, 0.25) is 0 Å². The Morgan fingerprint density at radius 1 is 1.37 bits per heavy atom. The van der Waals surface area contributed by atoms with Gasteiger partial charge in [-0.3, -0.25) is 0 Å². The van der Waals surface area contributed by atoms with Crippen LogP contribution in [0.1, 0.15) is 11.7 Å². The number of benzene rings is 1. The van der Waals surface area contributed by atoms with Gasteiger partial charge in [-0.2, -0.15) is 4.98 Å². The Hall–Kier alpha value is -1.25. The fourth-order valence-corrected chi connectivity index (χ4v) is 3.51. The van der Waals surface area contributed by atoms with Crippen LogP contribution >= 0.6 is 15.9 Å². The zero-order chi connectivity index (χ0) is 13.9. The predicted octanol–water partition coefficient (Wildman–Crippen LogP) is 1.66. The fourth-order valence-electron chi connectivity index (χ4n) is 1.47. The Balaban J connectivity index is 2.01. The molecular formula is C11H12BrN3O3S. The molecule has 1 aromatic carbocycles. The molecule has 0 radical (unpaired) electrons. The van der Waals surface area contributed by atoms with E-state index < -0.39 is 10.0 Å². The van der Waals surface area contributed by atoms with Gasteiger partial charge in [0.25, 0.3) is 0 Å². The fraction of sp³-hybridized carbons (Fsp3) is 0.273. The van der Waals surface area contributed by atoms with Crippen LogP contribution in [-0.4, -0.2) is 25.1 Å². The van der Waals surface area contributed by atoms with Crippen molar-refractivity contribution in [2.75, 3.05) is 6.54 Å². The number of hydrogen-bond donors (Lipinski definition) is 1. The number of hydrogen-bond acceptors (Lipinski definition) is 5. The number of aromatic nitrogens is 2.